The van der Waals surface area contributed by atoms with E-state index in [4.69, 9.17) is 9.47 Å². The molecular formula is C18H28N2O2. The summed E-state index contributed by atoms with van der Waals surface area (Å²) in [5, 5.41) is 0. The van der Waals surface area contributed by atoms with Crippen molar-refractivity contribution >= 4 is 5.69 Å². The first-order valence-corrected chi connectivity index (χ1v) is 8.59. The number of piperazine rings is 1. The summed E-state index contributed by atoms with van der Waals surface area (Å²) in [6.07, 6.45) is 2.09. The molecule has 0 amide bonds. The van der Waals surface area contributed by atoms with Crippen molar-refractivity contribution in [3.63, 3.8) is 0 Å². The normalized spacial score (nSPS) is 25.5. The third kappa shape index (κ3) is 3.45. The van der Waals surface area contributed by atoms with Gasteiger partial charge in [0.1, 0.15) is 0 Å². The molecule has 1 atom stereocenters. The zero-order valence-corrected chi connectivity index (χ0v) is 13.8. The topological polar surface area (TPSA) is 24.9 Å². The highest BCUT2D eigenvalue weighted by atomic mass is 16.7. The molecule has 0 unspecified atom stereocenters. The summed E-state index contributed by atoms with van der Waals surface area (Å²) in [7, 11) is 0. The number of hydrogen-bond acceptors (Lipinski definition) is 4. The monoisotopic (exact) mass is 304 g/mol. The molecule has 0 aliphatic carbocycles. The summed E-state index contributed by atoms with van der Waals surface area (Å²) >= 11 is 0. The number of nitrogens with zero attached hydrogens (tertiary/aromatic N) is 2. The molecule has 2 saturated heterocycles. The summed E-state index contributed by atoms with van der Waals surface area (Å²) in [5.74, 6) is -0.323. The van der Waals surface area contributed by atoms with Gasteiger partial charge in [0.15, 0.2) is 5.79 Å². The van der Waals surface area contributed by atoms with E-state index < -0.39 is 0 Å². The van der Waals surface area contributed by atoms with Crippen LogP contribution in [0.2, 0.25) is 0 Å². The van der Waals surface area contributed by atoms with Crippen LogP contribution in [-0.4, -0.2) is 56.1 Å². The third-order valence-corrected chi connectivity index (χ3v) is 4.95. The summed E-state index contributed by atoms with van der Waals surface area (Å²) in [4.78, 5) is 4.97. The van der Waals surface area contributed by atoms with Gasteiger partial charge in [-0.1, -0.05) is 32.0 Å². The molecule has 0 saturated carbocycles. The van der Waals surface area contributed by atoms with Crippen LogP contribution in [0.5, 0.6) is 0 Å². The molecule has 0 N–H and O–H groups in total. The van der Waals surface area contributed by atoms with Gasteiger partial charge in [-0.25, -0.2) is 0 Å². The first-order valence-electron chi connectivity index (χ1n) is 8.59. The average Bonchev–Trinajstić information content (AvgIpc) is 3.00. The highest BCUT2D eigenvalue weighted by Crippen LogP contribution is 2.30. The standard InChI is InChI=1S/C18H28N2O2/c1-3-18(4-2)21-15-17(22-18)14-19-10-12-20(13-11-19)16-8-6-5-7-9-16/h5-9,17H,3-4,10-15H2,1-2H3/t17-/m1/s1. The smallest absolute Gasteiger partial charge is 0.168 e. The minimum atomic E-state index is -0.323. The van der Waals surface area contributed by atoms with Gasteiger partial charge < -0.3 is 14.4 Å². The largest absolute Gasteiger partial charge is 0.369 e. The molecule has 4 heteroatoms. The van der Waals surface area contributed by atoms with Crippen LogP contribution in [-0.2, 0) is 9.47 Å². The van der Waals surface area contributed by atoms with Crippen LogP contribution in [0.1, 0.15) is 26.7 Å². The fraction of sp³-hybridized carbons (Fsp3) is 0.667. The van der Waals surface area contributed by atoms with Crippen molar-refractivity contribution in [2.75, 3.05) is 44.2 Å². The predicted molar refractivity (Wildman–Crippen MR) is 89.2 cm³/mol. The number of anilines is 1. The first-order chi connectivity index (χ1) is 10.7. The van der Waals surface area contributed by atoms with Crippen molar-refractivity contribution in [2.24, 2.45) is 0 Å². The van der Waals surface area contributed by atoms with Gasteiger partial charge in [0.25, 0.3) is 0 Å². The Labute approximate surface area is 134 Å². The molecular weight excluding hydrogens is 276 g/mol. The van der Waals surface area contributed by atoms with E-state index in [9.17, 15) is 0 Å². The second-order valence-electron chi connectivity index (χ2n) is 6.29. The SMILES string of the molecule is CCC1(CC)OC[C@@H](CN2CCN(c3ccccc3)CC2)O1. The lowest BCUT2D eigenvalue weighted by Gasteiger charge is -2.37. The average molecular weight is 304 g/mol. The maximum atomic E-state index is 6.18. The lowest BCUT2D eigenvalue weighted by atomic mass is 10.1. The molecule has 1 aromatic carbocycles. The van der Waals surface area contributed by atoms with Gasteiger partial charge in [0.2, 0.25) is 0 Å². The summed E-state index contributed by atoms with van der Waals surface area (Å²) in [6, 6.07) is 10.7. The Balaban J connectivity index is 1.47. The van der Waals surface area contributed by atoms with E-state index >= 15 is 0 Å². The van der Waals surface area contributed by atoms with Crippen molar-refractivity contribution < 1.29 is 9.47 Å². The van der Waals surface area contributed by atoms with E-state index in [-0.39, 0.29) is 11.9 Å². The maximum Gasteiger partial charge on any atom is 0.168 e. The van der Waals surface area contributed by atoms with Gasteiger partial charge in [-0.2, -0.15) is 0 Å². The number of para-hydroxylation sites is 1. The molecule has 3 rings (SSSR count). The summed E-state index contributed by atoms with van der Waals surface area (Å²) in [5.41, 5.74) is 1.33. The Morgan fingerprint density at radius 2 is 1.73 bits per heavy atom. The Morgan fingerprint density at radius 3 is 2.32 bits per heavy atom. The van der Waals surface area contributed by atoms with Crippen LogP contribution >= 0.6 is 0 Å². The highest BCUT2D eigenvalue weighted by Gasteiger charge is 2.39. The van der Waals surface area contributed by atoms with E-state index in [1.54, 1.807) is 0 Å². The number of rotatable bonds is 5. The van der Waals surface area contributed by atoms with E-state index in [0.29, 0.717) is 0 Å². The minimum Gasteiger partial charge on any atom is -0.369 e. The maximum absolute atomic E-state index is 6.18. The molecule has 0 spiro atoms. The van der Waals surface area contributed by atoms with Crippen molar-refractivity contribution in [1.29, 1.82) is 0 Å². The van der Waals surface area contributed by atoms with Crippen molar-refractivity contribution in [1.82, 2.24) is 4.90 Å². The Kier molecular flexibility index (Phi) is 5.01. The Hall–Kier alpha value is -1.10. The molecule has 122 valence electrons. The van der Waals surface area contributed by atoms with Crippen LogP contribution in [0, 0.1) is 0 Å². The molecule has 4 nitrogen and oxygen atoms in total. The van der Waals surface area contributed by atoms with Crippen molar-refractivity contribution in [2.45, 2.75) is 38.6 Å². The van der Waals surface area contributed by atoms with Crippen LogP contribution in [0.25, 0.3) is 0 Å². The van der Waals surface area contributed by atoms with Gasteiger partial charge in [0.05, 0.1) is 12.7 Å². The molecule has 22 heavy (non-hydrogen) atoms. The Bertz CT molecular complexity index is 453. The molecule has 0 bridgehead atoms. The number of hydrogen-bond donors (Lipinski definition) is 0. The third-order valence-electron chi connectivity index (χ3n) is 4.95. The Morgan fingerprint density at radius 1 is 1.05 bits per heavy atom. The van der Waals surface area contributed by atoms with Gasteiger partial charge >= 0.3 is 0 Å². The van der Waals surface area contributed by atoms with Gasteiger partial charge in [-0.05, 0) is 25.0 Å². The van der Waals surface area contributed by atoms with E-state index in [2.05, 4.69) is 54.0 Å². The number of ether oxygens (including phenoxy) is 2. The minimum absolute atomic E-state index is 0.225. The van der Waals surface area contributed by atoms with E-state index in [1.165, 1.54) is 5.69 Å². The first kappa shape index (κ1) is 15.8. The molecule has 1 aromatic rings. The number of benzene rings is 1. The zero-order valence-electron chi connectivity index (χ0n) is 13.8. The van der Waals surface area contributed by atoms with Crippen LogP contribution in [0.15, 0.2) is 30.3 Å². The second-order valence-corrected chi connectivity index (χ2v) is 6.29. The van der Waals surface area contributed by atoms with Crippen molar-refractivity contribution in [3.05, 3.63) is 30.3 Å². The van der Waals surface area contributed by atoms with E-state index in [0.717, 1.165) is 52.2 Å². The fourth-order valence-electron chi connectivity index (χ4n) is 3.44. The molecule has 0 radical (unpaired) electrons. The molecule has 2 heterocycles. The molecule has 0 aromatic heterocycles. The van der Waals surface area contributed by atoms with Gasteiger partial charge in [0, 0.05) is 38.4 Å². The zero-order chi connectivity index (χ0) is 15.4. The lowest BCUT2D eigenvalue weighted by molar-refractivity contribution is -0.173. The van der Waals surface area contributed by atoms with Crippen LogP contribution < -0.4 is 4.90 Å². The van der Waals surface area contributed by atoms with Crippen molar-refractivity contribution in [3.8, 4) is 0 Å². The van der Waals surface area contributed by atoms with Gasteiger partial charge in [-0.3, -0.25) is 4.90 Å². The molecule has 2 aliphatic rings. The highest BCUT2D eigenvalue weighted by molar-refractivity contribution is 5.46. The lowest BCUT2D eigenvalue weighted by Crippen LogP contribution is -2.49. The van der Waals surface area contributed by atoms with Gasteiger partial charge in [-0.15, -0.1) is 0 Å². The van der Waals surface area contributed by atoms with Crippen LogP contribution in [0.3, 0.4) is 0 Å². The second kappa shape index (κ2) is 6.99. The fourth-order valence-corrected chi connectivity index (χ4v) is 3.44. The van der Waals surface area contributed by atoms with Crippen LogP contribution in [0.4, 0.5) is 5.69 Å². The summed E-state index contributed by atoms with van der Waals surface area (Å²) in [6.45, 7) is 10.4. The predicted octanol–water partition coefficient (Wildman–Crippen LogP) is 2.74. The summed E-state index contributed by atoms with van der Waals surface area (Å²) < 4.78 is 12.1. The molecule has 2 aliphatic heterocycles. The quantitative estimate of drug-likeness (QED) is 0.835. The molecule has 2 fully saturated rings. The van der Waals surface area contributed by atoms with E-state index in [1.807, 2.05) is 0 Å².